The average molecular weight is 769 g/mol. The number of rotatable bonds is 11. The van der Waals surface area contributed by atoms with Crippen molar-refractivity contribution < 1.29 is 19.8 Å². The third-order valence-corrected chi connectivity index (χ3v) is 54.2. The zero-order valence-electron chi connectivity index (χ0n) is 30.3. The van der Waals surface area contributed by atoms with Gasteiger partial charge in [-0.25, -0.2) is 0 Å². The molecule has 6 heteroatoms. The molecule has 47 heavy (non-hydrogen) atoms. The van der Waals surface area contributed by atoms with Crippen molar-refractivity contribution in [3.63, 3.8) is 0 Å². The molecule has 0 N–H and O–H groups in total. The van der Waals surface area contributed by atoms with Crippen molar-refractivity contribution in [2.75, 3.05) is 38.0 Å². The van der Waals surface area contributed by atoms with Crippen LogP contribution in [0.15, 0.2) is 48.5 Å². The fourth-order valence-electron chi connectivity index (χ4n) is 10.8. The van der Waals surface area contributed by atoms with E-state index in [1.54, 1.807) is 10.6 Å². The summed E-state index contributed by atoms with van der Waals surface area (Å²) in [5.74, 6) is 0. The summed E-state index contributed by atoms with van der Waals surface area (Å²) in [6.45, 7) is 0. The van der Waals surface area contributed by atoms with E-state index in [9.17, 15) is 4.79 Å². The maximum atomic E-state index is 15.0. The molecule has 0 bridgehead atoms. The van der Waals surface area contributed by atoms with Gasteiger partial charge in [0.2, 0.25) is 0 Å². The standard InChI is InChI=1S/2C20H32NP.CHO.Rh/c2*1-21(2)17-13-15-20(16-14-17)22(18-9-5-3-6-10-18)19-11-7-4-8-12-19;1-2;/h2*13-16,18-19H,3-12H2,1-2H3;1H;/q;;;-2/p+2. The van der Waals surface area contributed by atoms with Crippen LogP contribution >= 0.6 is 11.2 Å². The van der Waals surface area contributed by atoms with E-state index in [1.807, 2.05) is 4.88 Å². The summed E-state index contributed by atoms with van der Waals surface area (Å²) in [5, 5.41) is 3.46. The van der Waals surface area contributed by atoms with Crippen LogP contribution in [0, 0.1) is 0 Å². The van der Waals surface area contributed by atoms with E-state index in [0.717, 1.165) is 22.6 Å². The molecule has 0 heterocycles. The van der Waals surface area contributed by atoms with Crippen LogP contribution in [0.1, 0.15) is 128 Å². The Labute approximate surface area is 294 Å². The first-order valence-electron chi connectivity index (χ1n) is 19.6. The van der Waals surface area contributed by atoms with Gasteiger partial charge in [-0.05, 0) is 0 Å². The molecule has 0 spiro atoms. The zero-order valence-corrected chi connectivity index (χ0v) is 33.9. The number of nitrogens with zero attached hydrogens (tertiary/aromatic N) is 2. The van der Waals surface area contributed by atoms with Gasteiger partial charge in [-0.1, -0.05) is 0 Å². The van der Waals surface area contributed by atoms with Crippen LogP contribution < -0.4 is 20.4 Å². The normalized spacial score (nSPS) is 22.4. The molecule has 4 aliphatic carbocycles. The molecule has 6 rings (SSSR count). The van der Waals surface area contributed by atoms with Crippen LogP contribution in [0.2, 0.25) is 0 Å². The fraction of sp³-hybridized carbons (Fsp3) is 0.683. The third kappa shape index (κ3) is 7.07. The second kappa shape index (κ2) is 16.5. The number of hydrogen-bond acceptors (Lipinski definition) is 3. The Morgan fingerprint density at radius 3 is 0.936 bits per heavy atom. The molecule has 266 valence electrons. The van der Waals surface area contributed by atoms with Gasteiger partial charge in [0.1, 0.15) is 0 Å². The van der Waals surface area contributed by atoms with Gasteiger partial charge in [-0.15, -0.1) is 0 Å². The van der Waals surface area contributed by atoms with Crippen LogP contribution in [0.4, 0.5) is 11.4 Å². The molecule has 0 amide bonds. The Bertz CT molecular complexity index is 1130. The molecule has 3 nitrogen and oxygen atoms in total. The van der Waals surface area contributed by atoms with Gasteiger partial charge >= 0.3 is 295 Å². The van der Waals surface area contributed by atoms with Gasteiger partial charge in [0.25, 0.3) is 0 Å². The Balaban J connectivity index is 1.67. The van der Waals surface area contributed by atoms with Crippen LogP contribution in [0.25, 0.3) is 0 Å². The van der Waals surface area contributed by atoms with Crippen LogP contribution in [0.3, 0.4) is 0 Å². The molecule has 4 fully saturated rings. The topological polar surface area (TPSA) is 23.6 Å². The van der Waals surface area contributed by atoms with Crippen LogP contribution in [0.5, 0.6) is 0 Å². The van der Waals surface area contributed by atoms with Gasteiger partial charge in [-0.3, -0.25) is 0 Å². The number of carbonyl (C=O) groups is 1. The molecule has 0 radical (unpaired) electrons. The minimum atomic E-state index is -2.28. The molecule has 0 saturated heterocycles. The number of benzene rings is 2. The van der Waals surface area contributed by atoms with E-state index in [-0.39, 0.29) is 0 Å². The molecule has 4 aliphatic rings. The molecule has 0 unspecified atom stereocenters. The van der Waals surface area contributed by atoms with Crippen molar-refractivity contribution in [1.82, 2.24) is 0 Å². The van der Waals surface area contributed by atoms with Crippen molar-refractivity contribution in [2.24, 2.45) is 0 Å². The second-order valence-electron chi connectivity index (χ2n) is 16.0. The van der Waals surface area contributed by atoms with E-state index < -0.39 is 26.2 Å². The average Bonchev–Trinajstić information content (AvgIpc) is 3.13. The summed E-state index contributed by atoms with van der Waals surface area (Å²) < 4.78 is 0. The SMILES string of the molecule is CN(C)c1ccc([PH](C2CCCCC2)(C2CCCCC2)[Rh]([CH]=O)[PH](c2ccc(N(C)C)cc2)(C2CCCCC2)C2CCCCC2)cc1. The Morgan fingerprint density at radius 2 is 0.723 bits per heavy atom. The van der Waals surface area contributed by atoms with E-state index in [1.165, 1.54) is 140 Å². The minimum absolute atomic E-state index is 0.794. The van der Waals surface area contributed by atoms with Gasteiger partial charge in [0.15, 0.2) is 0 Å². The second-order valence-corrected chi connectivity index (χ2v) is 39.5. The predicted molar refractivity (Wildman–Crippen MR) is 212 cm³/mol. The summed E-state index contributed by atoms with van der Waals surface area (Å²) in [4.78, 5) is 21.4. The van der Waals surface area contributed by atoms with Crippen molar-refractivity contribution in [1.29, 1.82) is 0 Å². The molecule has 0 atom stereocenters. The third-order valence-electron chi connectivity index (χ3n) is 13.0. The first-order chi connectivity index (χ1) is 22.9. The van der Waals surface area contributed by atoms with E-state index in [4.69, 9.17) is 0 Å². The number of hydrogen-bond donors (Lipinski definition) is 0. The molecular weight excluding hydrogens is 701 g/mol. The van der Waals surface area contributed by atoms with Crippen LogP contribution in [-0.4, -0.2) is 55.7 Å². The van der Waals surface area contributed by atoms with Crippen molar-refractivity contribution >= 4 is 38.1 Å². The Morgan fingerprint density at radius 1 is 0.468 bits per heavy atom. The molecule has 0 aliphatic heterocycles. The quantitative estimate of drug-likeness (QED) is 0.129. The zero-order chi connectivity index (χ0) is 32.9. The van der Waals surface area contributed by atoms with Gasteiger partial charge in [0.05, 0.1) is 0 Å². The molecule has 2 aromatic carbocycles. The first-order valence-corrected chi connectivity index (χ1v) is 29.4. The van der Waals surface area contributed by atoms with E-state index in [0.29, 0.717) is 0 Å². The molecule has 4 saturated carbocycles. The van der Waals surface area contributed by atoms with Crippen LogP contribution in [-0.2, 0) is 19.8 Å². The van der Waals surface area contributed by atoms with E-state index >= 15 is 0 Å². The molecule has 0 aromatic heterocycles. The van der Waals surface area contributed by atoms with E-state index in [2.05, 4.69) is 86.5 Å². The Hall–Kier alpha value is -0.807. The van der Waals surface area contributed by atoms with Crippen molar-refractivity contribution in [3.05, 3.63) is 48.5 Å². The molecule has 2 aromatic rings. The predicted octanol–water partition coefficient (Wildman–Crippen LogP) is 10.2. The van der Waals surface area contributed by atoms with Crippen molar-refractivity contribution in [2.45, 2.75) is 151 Å². The summed E-state index contributed by atoms with van der Waals surface area (Å²) in [7, 11) is 8.75. The molecular formula is C41H67N2OP2Rh. The summed E-state index contributed by atoms with van der Waals surface area (Å²) in [5.41, 5.74) is 1.24. The summed E-state index contributed by atoms with van der Waals surface area (Å²) >= 11 is -1.83. The number of carbonyl (C=O) groups excluding carboxylic acids is 1. The van der Waals surface area contributed by atoms with Crippen molar-refractivity contribution in [3.8, 4) is 0 Å². The number of anilines is 2. The van der Waals surface area contributed by atoms with Gasteiger partial charge in [-0.2, -0.15) is 0 Å². The van der Waals surface area contributed by atoms with Gasteiger partial charge in [0, 0.05) is 0 Å². The fourth-order valence-corrected chi connectivity index (χ4v) is 68.0. The summed E-state index contributed by atoms with van der Waals surface area (Å²) in [6, 6.07) is 20.3. The maximum absolute atomic E-state index is 15.0. The van der Waals surface area contributed by atoms with Gasteiger partial charge < -0.3 is 0 Å². The first kappa shape index (κ1) is 36.0. The Kier molecular flexibility index (Phi) is 12.6. The summed E-state index contributed by atoms with van der Waals surface area (Å²) in [6.07, 6.45) is 27.9. The monoisotopic (exact) mass is 768 g/mol.